The van der Waals surface area contributed by atoms with Crippen molar-refractivity contribution in [3.05, 3.63) is 65.2 Å². The van der Waals surface area contributed by atoms with Gasteiger partial charge >= 0.3 is 0 Å². The molecule has 0 radical (unpaired) electrons. The van der Waals surface area contributed by atoms with Gasteiger partial charge in [-0.05, 0) is 49.6 Å². The number of Topliss-reactive ketones (excluding diaryl/α,β-unsaturated/α-hetero) is 1. The summed E-state index contributed by atoms with van der Waals surface area (Å²) in [6.45, 7) is 3.37. The van der Waals surface area contributed by atoms with Crippen LogP contribution in [0.5, 0.6) is 11.5 Å². The van der Waals surface area contributed by atoms with E-state index in [-0.39, 0.29) is 24.0 Å². The number of aliphatic hydroxyl groups excluding tert-OH is 1. The molecule has 2 aromatic rings. The van der Waals surface area contributed by atoms with Gasteiger partial charge in [-0.2, -0.15) is 0 Å². The summed E-state index contributed by atoms with van der Waals surface area (Å²) in [4.78, 5) is 27.7. The van der Waals surface area contributed by atoms with Crippen LogP contribution in [0.25, 0.3) is 5.76 Å². The first kappa shape index (κ1) is 21.9. The highest BCUT2D eigenvalue weighted by Crippen LogP contribution is 2.40. The summed E-state index contributed by atoms with van der Waals surface area (Å²) in [7, 11) is 1.53. The summed E-state index contributed by atoms with van der Waals surface area (Å²) < 4.78 is 16.5. The highest BCUT2D eigenvalue weighted by molar-refractivity contribution is 6.46. The number of ketones is 1. The number of likely N-dealkylation sites (tertiary alicyclic amines) is 1. The molecule has 2 heterocycles. The Morgan fingerprint density at radius 1 is 1.16 bits per heavy atom. The van der Waals surface area contributed by atoms with Crippen molar-refractivity contribution in [2.45, 2.75) is 31.9 Å². The third-order valence-corrected chi connectivity index (χ3v) is 5.81. The summed E-state index contributed by atoms with van der Waals surface area (Å²) in [6, 6.07) is 13.3. The molecule has 0 saturated carbocycles. The van der Waals surface area contributed by atoms with Gasteiger partial charge in [-0.3, -0.25) is 9.59 Å². The van der Waals surface area contributed by atoms with Crippen molar-refractivity contribution >= 4 is 17.4 Å². The molecule has 0 aliphatic carbocycles. The van der Waals surface area contributed by atoms with Crippen molar-refractivity contribution in [1.82, 2.24) is 4.90 Å². The summed E-state index contributed by atoms with van der Waals surface area (Å²) in [5.74, 6) is -0.331. The van der Waals surface area contributed by atoms with E-state index in [4.69, 9.17) is 14.2 Å². The number of aliphatic hydroxyl groups is 1. The average Bonchev–Trinajstić information content (AvgIpc) is 3.42. The minimum absolute atomic E-state index is 0.0606. The normalized spacial score (nSPS) is 22.4. The van der Waals surface area contributed by atoms with Crippen molar-refractivity contribution in [1.29, 1.82) is 0 Å². The molecule has 168 valence electrons. The van der Waals surface area contributed by atoms with Crippen LogP contribution >= 0.6 is 0 Å². The lowest BCUT2D eigenvalue weighted by atomic mass is 9.95. The predicted octanol–water partition coefficient (Wildman–Crippen LogP) is 3.69. The van der Waals surface area contributed by atoms with Gasteiger partial charge < -0.3 is 24.2 Å². The maximum absolute atomic E-state index is 13.1. The zero-order chi connectivity index (χ0) is 22.7. The number of hydrogen-bond donors (Lipinski definition) is 1. The fourth-order valence-electron chi connectivity index (χ4n) is 4.26. The van der Waals surface area contributed by atoms with Gasteiger partial charge in [0.1, 0.15) is 17.3 Å². The van der Waals surface area contributed by atoms with Crippen molar-refractivity contribution in [2.24, 2.45) is 0 Å². The molecule has 0 aromatic heterocycles. The molecule has 4 rings (SSSR count). The predicted molar refractivity (Wildman–Crippen MR) is 119 cm³/mol. The van der Waals surface area contributed by atoms with Gasteiger partial charge in [-0.25, -0.2) is 0 Å². The van der Waals surface area contributed by atoms with Crippen LogP contribution in [-0.4, -0.2) is 54.7 Å². The number of ether oxygens (including phenoxy) is 3. The molecule has 7 heteroatoms. The molecule has 2 aliphatic heterocycles. The van der Waals surface area contributed by atoms with E-state index >= 15 is 0 Å². The van der Waals surface area contributed by atoms with Gasteiger partial charge in [-0.1, -0.05) is 24.3 Å². The Morgan fingerprint density at radius 3 is 2.59 bits per heavy atom. The molecule has 2 fully saturated rings. The van der Waals surface area contributed by atoms with Crippen LogP contribution in [-0.2, 0) is 14.3 Å². The van der Waals surface area contributed by atoms with Crippen LogP contribution in [0.1, 0.15) is 36.9 Å². The highest BCUT2D eigenvalue weighted by atomic mass is 16.5. The minimum Gasteiger partial charge on any atom is -0.507 e. The number of carbonyl (C=O) groups excluding carboxylic acids is 2. The Hall–Kier alpha value is -3.32. The Labute approximate surface area is 187 Å². The molecular formula is C25H27NO6. The lowest BCUT2D eigenvalue weighted by Crippen LogP contribution is -2.36. The van der Waals surface area contributed by atoms with Crippen molar-refractivity contribution in [2.75, 3.05) is 26.9 Å². The molecule has 2 aliphatic rings. The number of nitrogens with zero attached hydrogens (tertiary/aromatic N) is 1. The summed E-state index contributed by atoms with van der Waals surface area (Å²) in [5.41, 5.74) is 1.19. The summed E-state index contributed by atoms with van der Waals surface area (Å²) in [5, 5.41) is 11.1. The van der Waals surface area contributed by atoms with E-state index in [2.05, 4.69) is 0 Å². The number of carbonyl (C=O) groups is 2. The van der Waals surface area contributed by atoms with E-state index in [0.717, 1.165) is 18.4 Å². The van der Waals surface area contributed by atoms with Crippen LogP contribution < -0.4 is 9.47 Å². The first-order valence-corrected chi connectivity index (χ1v) is 10.8. The monoisotopic (exact) mass is 437 g/mol. The molecule has 32 heavy (non-hydrogen) atoms. The molecule has 0 spiro atoms. The smallest absolute Gasteiger partial charge is 0.295 e. The van der Waals surface area contributed by atoms with Gasteiger partial charge in [0.05, 0.1) is 31.4 Å². The maximum Gasteiger partial charge on any atom is 0.295 e. The molecular weight excluding hydrogens is 410 g/mol. The van der Waals surface area contributed by atoms with Gasteiger partial charge in [0.15, 0.2) is 0 Å². The van der Waals surface area contributed by atoms with E-state index in [1.165, 1.54) is 12.0 Å². The van der Waals surface area contributed by atoms with Crippen molar-refractivity contribution in [3.8, 4) is 11.5 Å². The van der Waals surface area contributed by atoms with Crippen molar-refractivity contribution in [3.63, 3.8) is 0 Å². The number of hydrogen-bond acceptors (Lipinski definition) is 6. The van der Waals surface area contributed by atoms with Gasteiger partial charge in [0, 0.05) is 18.7 Å². The van der Waals surface area contributed by atoms with Crippen molar-refractivity contribution < 1.29 is 28.9 Å². The Bertz CT molecular complexity index is 1020. The number of methoxy groups -OCH3 is 1. The fourth-order valence-corrected chi connectivity index (χ4v) is 4.26. The van der Waals surface area contributed by atoms with Crippen LogP contribution in [0, 0.1) is 0 Å². The molecule has 1 N–H and O–H groups in total. The fraction of sp³-hybridized carbons (Fsp3) is 0.360. The second-order valence-corrected chi connectivity index (χ2v) is 7.82. The maximum atomic E-state index is 13.1. The van der Waals surface area contributed by atoms with E-state index in [1.54, 1.807) is 36.4 Å². The van der Waals surface area contributed by atoms with Gasteiger partial charge in [-0.15, -0.1) is 0 Å². The Morgan fingerprint density at radius 2 is 1.94 bits per heavy atom. The molecule has 2 aromatic carbocycles. The summed E-state index contributed by atoms with van der Waals surface area (Å²) in [6.07, 6.45) is 1.62. The van der Waals surface area contributed by atoms with Crippen LogP contribution in [0.2, 0.25) is 0 Å². The molecule has 7 nitrogen and oxygen atoms in total. The lowest BCUT2D eigenvalue weighted by Gasteiger charge is -2.27. The van der Waals surface area contributed by atoms with Crippen LogP contribution in [0.3, 0.4) is 0 Å². The molecule has 1 amide bonds. The highest BCUT2D eigenvalue weighted by Gasteiger charge is 2.47. The first-order valence-electron chi connectivity index (χ1n) is 10.8. The second-order valence-electron chi connectivity index (χ2n) is 7.82. The zero-order valence-electron chi connectivity index (χ0n) is 18.2. The topological polar surface area (TPSA) is 85.3 Å². The van der Waals surface area contributed by atoms with E-state index in [1.807, 2.05) is 19.1 Å². The third-order valence-electron chi connectivity index (χ3n) is 5.81. The molecule has 2 saturated heterocycles. The quantitative estimate of drug-likeness (QED) is 0.404. The number of benzene rings is 2. The Balaban J connectivity index is 1.79. The molecule has 2 unspecified atom stereocenters. The van der Waals surface area contributed by atoms with Gasteiger partial charge in [0.25, 0.3) is 11.7 Å². The minimum atomic E-state index is -0.721. The van der Waals surface area contributed by atoms with E-state index in [0.29, 0.717) is 30.3 Å². The summed E-state index contributed by atoms with van der Waals surface area (Å²) >= 11 is 0. The van der Waals surface area contributed by atoms with E-state index < -0.39 is 17.7 Å². The van der Waals surface area contributed by atoms with E-state index in [9.17, 15) is 14.7 Å². The Kier molecular flexibility index (Phi) is 6.46. The average molecular weight is 437 g/mol. The molecule has 2 atom stereocenters. The van der Waals surface area contributed by atoms with Gasteiger partial charge in [0.2, 0.25) is 0 Å². The number of rotatable bonds is 7. The number of amides is 1. The van der Waals surface area contributed by atoms with Crippen LogP contribution in [0.15, 0.2) is 54.1 Å². The second kappa shape index (κ2) is 9.44. The lowest BCUT2D eigenvalue weighted by molar-refractivity contribution is -0.140. The SMILES string of the molecule is CCOc1ccc(C2/C(=C(/O)c3cccc(OC)c3)C(=O)C(=O)N2CC2CCCO2)cc1. The third kappa shape index (κ3) is 4.21. The largest absolute Gasteiger partial charge is 0.507 e. The zero-order valence-corrected chi connectivity index (χ0v) is 18.2. The first-order chi connectivity index (χ1) is 15.5. The standard InChI is InChI=1S/C25H27NO6/c1-3-31-18-11-9-16(10-12-18)22-21(23(27)17-6-4-7-19(14-17)30-2)24(28)25(29)26(22)15-20-8-5-13-32-20/h4,6-7,9-12,14,20,22,27H,3,5,8,13,15H2,1-2H3/b23-21-. The van der Waals surface area contributed by atoms with Crippen LogP contribution in [0.4, 0.5) is 0 Å². The molecule has 0 bridgehead atoms.